The van der Waals surface area contributed by atoms with Gasteiger partial charge in [-0.25, -0.2) is 4.98 Å². The zero-order valence-corrected chi connectivity index (χ0v) is 12.1. The molecule has 108 valence electrons. The molecule has 0 atom stereocenters. The number of nitrogen functional groups attached to an aromatic ring is 1. The maximum absolute atomic E-state index is 5.92. The fourth-order valence-electron chi connectivity index (χ4n) is 5.57. The average Bonchev–Trinajstić information content (AvgIpc) is 2.39. The van der Waals surface area contributed by atoms with E-state index in [4.69, 9.17) is 5.73 Å². The molecular weight excluding hydrogens is 246 g/mol. The van der Waals surface area contributed by atoms with E-state index in [0.29, 0.717) is 11.2 Å². The Kier molecular flexibility index (Phi) is 2.99. The summed E-state index contributed by atoms with van der Waals surface area (Å²) in [6.07, 6.45) is 10.7. The van der Waals surface area contributed by atoms with Crippen molar-refractivity contribution in [3.63, 3.8) is 0 Å². The lowest BCUT2D eigenvalue weighted by atomic mass is 9.49. The highest BCUT2D eigenvalue weighted by Crippen LogP contribution is 2.59. The first-order valence-electron chi connectivity index (χ1n) is 8.12. The summed E-state index contributed by atoms with van der Waals surface area (Å²) in [4.78, 5) is 4.16. The number of pyridine rings is 1. The first kappa shape index (κ1) is 12.6. The van der Waals surface area contributed by atoms with Gasteiger partial charge in [-0.3, -0.25) is 0 Å². The minimum atomic E-state index is 0.603. The fraction of sp³-hybridized carbons (Fsp3) is 0.706. The molecule has 1 aromatic heterocycles. The number of anilines is 1. The first-order valence-corrected chi connectivity index (χ1v) is 8.12. The van der Waals surface area contributed by atoms with Crippen LogP contribution in [0.3, 0.4) is 0 Å². The SMILES string of the molecule is Nc1ncccc1CNCC12CC3CC(CC(C3)C1)C2. The highest BCUT2D eigenvalue weighted by Gasteiger charge is 2.50. The minimum Gasteiger partial charge on any atom is -0.383 e. The van der Waals surface area contributed by atoms with Gasteiger partial charge in [-0.15, -0.1) is 0 Å². The second-order valence-corrected chi connectivity index (χ2v) is 7.57. The number of aromatic nitrogens is 1. The normalized spacial score (nSPS) is 38.3. The summed E-state index contributed by atoms with van der Waals surface area (Å²) in [5.74, 6) is 3.77. The van der Waals surface area contributed by atoms with Gasteiger partial charge in [-0.1, -0.05) is 6.07 Å². The predicted molar refractivity (Wildman–Crippen MR) is 81.0 cm³/mol. The molecule has 4 fully saturated rings. The Hall–Kier alpha value is -1.09. The molecule has 3 nitrogen and oxygen atoms in total. The van der Waals surface area contributed by atoms with Crippen molar-refractivity contribution in [2.75, 3.05) is 12.3 Å². The zero-order chi connectivity index (χ0) is 13.6. The standard InChI is InChI=1S/C17H25N3/c18-16-15(2-1-3-20-16)10-19-11-17-7-12-4-13(8-17)6-14(5-12)9-17/h1-3,12-14,19H,4-11H2,(H2,18,20). The molecule has 0 radical (unpaired) electrons. The van der Waals surface area contributed by atoms with E-state index in [0.717, 1.165) is 29.9 Å². The third kappa shape index (κ3) is 2.22. The molecule has 0 amide bonds. The molecule has 4 aliphatic carbocycles. The van der Waals surface area contributed by atoms with Gasteiger partial charge in [0.25, 0.3) is 0 Å². The molecule has 0 spiro atoms. The molecule has 1 aromatic rings. The van der Waals surface area contributed by atoms with Crippen LogP contribution < -0.4 is 11.1 Å². The van der Waals surface area contributed by atoms with Crippen molar-refractivity contribution in [3.8, 4) is 0 Å². The molecule has 20 heavy (non-hydrogen) atoms. The summed E-state index contributed by atoms with van der Waals surface area (Å²) in [7, 11) is 0. The van der Waals surface area contributed by atoms with Gasteiger partial charge in [0.2, 0.25) is 0 Å². The highest BCUT2D eigenvalue weighted by molar-refractivity contribution is 5.38. The van der Waals surface area contributed by atoms with Crippen LogP contribution in [0.25, 0.3) is 0 Å². The number of hydrogen-bond donors (Lipinski definition) is 2. The van der Waals surface area contributed by atoms with Crippen LogP contribution in [0.1, 0.15) is 44.1 Å². The highest BCUT2D eigenvalue weighted by atomic mass is 14.9. The van der Waals surface area contributed by atoms with E-state index in [1.807, 2.05) is 6.07 Å². The quantitative estimate of drug-likeness (QED) is 0.885. The smallest absolute Gasteiger partial charge is 0.127 e. The molecule has 0 unspecified atom stereocenters. The van der Waals surface area contributed by atoms with E-state index in [1.165, 1.54) is 45.1 Å². The van der Waals surface area contributed by atoms with Crippen LogP contribution in [0.15, 0.2) is 18.3 Å². The maximum atomic E-state index is 5.92. The van der Waals surface area contributed by atoms with E-state index in [-0.39, 0.29) is 0 Å². The second-order valence-electron chi connectivity index (χ2n) is 7.57. The summed E-state index contributed by atoms with van der Waals surface area (Å²) in [5, 5.41) is 3.68. The maximum Gasteiger partial charge on any atom is 0.127 e. The summed E-state index contributed by atoms with van der Waals surface area (Å²) < 4.78 is 0. The number of nitrogens with two attached hydrogens (primary N) is 1. The van der Waals surface area contributed by atoms with E-state index in [2.05, 4.69) is 16.4 Å². The van der Waals surface area contributed by atoms with Gasteiger partial charge in [-0.05, 0) is 67.8 Å². The molecule has 5 rings (SSSR count). The van der Waals surface area contributed by atoms with Crippen molar-refractivity contribution in [3.05, 3.63) is 23.9 Å². The number of nitrogens with one attached hydrogen (secondary N) is 1. The van der Waals surface area contributed by atoms with Crippen molar-refractivity contribution >= 4 is 5.82 Å². The lowest BCUT2D eigenvalue weighted by Gasteiger charge is -2.57. The third-order valence-corrected chi connectivity index (χ3v) is 5.91. The fourth-order valence-corrected chi connectivity index (χ4v) is 5.57. The first-order chi connectivity index (χ1) is 9.72. The van der Waals surface area contributed by atoms with Crippen molar-refractivity contribution < 1.29 is 0 Å². The molecule has 0 saturated heterocycles. The Labute approximate surface area is 121 Å². The molecule has 0 aromatic carbocycles. The van der Waals surface area contributed by atoms with Gasteiger partial charge in [-0.2, -0.15) is 0 Å². The predicted octanol–water partition coefficient (Wildman–Crippen LogP) is 2.97. The van der Waals surface area contributed by atoms with Gasteiger partial charge < -0.3 is 11.1 Å². The summed E-state index contributed by atoms with van der Waals surface area (Å²) >= 11 is 0. The Morgan fingerprint density at radius 3 is 2.40 bits per heavy atom. The van der Waals surface area contributed by atoms with E-state index < -0.39 is 0 Å². The van der Waals surface area contributed by atoms with Gasteiger partial charge in [0.15, 0.2) is 0 Å². The summed E-state index contributed by atoms with van der Waals surface area (Å²) in [6, 6.07) is 4.05. The van der Waals surface area contributed by atoms with Crippen LogP contribution in [0.5, 0.6) is 0 Å². The largest absolute Gasteiger partial charge is 0.383 e. The van der Waals surface area contributed by atoms with Gasteiger partial charge in [0, 0.05) is 24.8 Å². The molecule has 1 heterocycles. The topological polar surface area (TPSA) is 50.9 Å². The second kappa shape index (κ2) is 4.73. The van der Waals surface area contributed by atoms with Crippen molar-refractivity contribution in [1.29, 1.82) is 0 Å². The number of rotatable bonds is 4. The molecule has 4 bridgehead atoms. The van der Waals surface area contributed by atoms with E-state index >= 15 is 0 Å². The van der Waals surface area contributed by atoms with E-state index in [9.17, 15) is 0 Å². The average molecular weight is 271 g/mol. The third-order valence-electron chi connectivity index (χ3n) is 5.91. The van der Waals surface area contributed by atoms with Gasteiger partial charge in [0.05, 0.1) is 0 Å². The molecular formula is C17H25N3. The lowest BCUT2D eigenvalue weighted by molar-refractivity contribution is -0.0514. The number of nitrogens with zero attached hydrogens (tertiary/aromatic N) is 1. The molecule has 3 N–H and O–H groups in total. The van der Waals surface area contributed by atoms with Gasteiger partial charge >= 0.3 is 0 Å². The number of hydrogen-bond acceptors (Lipinski definition) is 3. The van der Waals surface area contributed by atoms with Crippen LogP contribution in [0.2, 0.25) is 0 Å². The van der Waals surface area contributed by atoms with Gasteiger partial charge in [0.1, 0.15) is 5.82 Å². The minimum absolute atomic E-state index is 0.603. The Morgan fingerprint density at radius 2 is 1.80 bits per heavy atom. The zero-order valence-electron chi connectivity index (χ0n) is 12.1. The van der Waals surface area contributed by atoms with Crippen molar-refractivity contribution in [1.82, 2.24) is 10.3 Å². The van der Waals surface area contributed by atoms with Crippen LogP contribution in [-0.2, 0) is 6.54 Å². The molecule has 3 heteroatoms. The van der Waals surface area contributed by atoms with Crippen LogP contribution in [-0.4, -0.2) is 11.5 Å². The Morgan fingerprint density at radius 1 is 1.15 bits per heavy atom. The monoisotopic (exact) mass is 271 g/mol. The van der Waals surface area contributed by atoms with Crippen LogP contribution >= 0.6 is 0 Å². The van der Waals surface area contributed by atoms with Crippen molar-refractivity contribution in [2.45, 2.75) is 45.1 Å². The van der Waals surface area contributed by atoms with Crippen LogP contribution in [0, 0.1) is 23.2 Å². The van der Waals surface area contributed by atoms with Crippen LogP contribution in [0.4, 0.5) is 5.82 Å². The molecule has 0 aliphatic heterocycles. The summed E-state index contributed by atoms with van der Waals surface area (Å²) in [6.45, 7) is 2.03. The van der Waals surface area contributed by atoms with Crippen molar-refractivity contribution in [2.24, 2.45) is 23.2 Å². The molecule has 4 aliphatic rings. The Balaban J connectivity index is 1.39. The summed E-state index contributed by atoms with van der Waals surface area (Å²) in [5.41, 5.74) is 7.66. The van der Waals surface area contributed by atoms with E-state index in [1.54, 1.807) is 6.20 Å². The Bertz CT molecular complexity index is 461. The lowest BCUT2D eigenvalue weighted by Crippen LogP contribution is -2.50. The molecule has 4 saturated carbocycles.